The van der Waals surface area contributed by atoms with Crippen LogP contribution < -0.4 is 14.2 Å². The zero-order chi connectivity index (χ0) is 20.3. The van der Waals surface area contributed by atoms with E-state index in [2.05, 4.69) is 0 Å². The van der Waals surface area contributed by atoms with Crippen LogP contribution in [-0.2, 0) is 4.74 Å². The third-order valence-electron chi connectivity index (χ3n) is 4.33. The molecule has 3 rings (SSSR count). The second kappa shape index (κ2) is 7.99. The van der Waals surface area contributed by atoms with Gasteiger partial charge in [0.1, 0.15) is 6.61 Å². The first kappa shape index (κ1) is 19.2. The molecule has 8 heteroatoms. The van der Waals surface area contributed by atoms with Crippen molar-refractivity contribution in [2.24, 2.45) is 0 Å². The van der Waals surface area contributed by atoms with Gasteiger partial charge in [-0.25, -0.2) is 4.79 Å². The minimum absolute atomic E-state index is 0.0392. The van der Waals surface area contributed by atoms with Crippen molar-refractivity contribution in [3.63, 3.8) is 0 Å². The molecule has 0 spiro atoms. The lowest BCUT2D eigenvalue weighted by Crippen LogP contribution is -2.33. The highest BCUT2D eigenvalue weighted by molar-refractivity contribution is 6.21. The van der Waals surface area contributed by atoms with E-state index in [1.807, 2.05) is 0 Å². The Labute approximate surface area is 161 Å². The second-order valence-corrected chi connectivity index (χ2v) is 5.86. The second-order valence-electron chi connectivity index (χ2n) is 5.86. The fourth-order valence-electron chi connectivity index (χ4n) is 2.95. The molecule has 2 amide bonds. The summed E-state index contributed by atoms with van der Waals surface area (Å²) in [7, 11) is 4.34. The summed E-state index contributed by atoms with van der Waals surface area (Å²) in [5.74, 6) is -0.458. The molecule has 1 aliphatic heterocycles. The average molecular weight is 385 g/mol. The van der Waals surface area contributed by atoms with Crippen LogP contribution in [0, 0.1) is 0 Å². The Kier molecular flexibility index (Phi) is 5.49. The van der Waals surface area contributed by atoms with Crippen molar-refractivity contribution >= 4 is 17.8 Å². The smallest absolute Gasteiger partial charge is 0.338 e. The number of ether oxygens (including phenoxy) is 4. The van der Waals surface area contributed by atoms with E-state index in [1.54, 1.807) is 24.3 Å². The van der Waals surface area contributed by atoms with E-state index in [9.17, 15) is 14.4 Å². The molecule has 0 unspecified atom stereocenters. The number of hydrogen-bond donors (Lipinski definition) is 0. The number of rotatable bonds is 7. The minimum atomic E-state index is -0.643. The molecule has 0 saturated heterocycles. The van der Waals surface area contributed by atoms with Crippen LogP contribution in [0.4, 0.5) is 0 Å². The summed E-state index contributed by atoms with van der Waals surface area (Å²) in [4.78, 5) is 38.1. The normalized spacial score (nSPS) is 12.6. The lowest BCUT2D eigenvalue weighted by atomic mass is 10.1. The zero-order valence-electron chi connectivity index (χ0n) is 15.7. The highest BCUT2D eigenvalue weighted by atomic mass is 16.5. The molecule has 28 heavy (non-hydrogen) atoms. The van der Waals surface area contributed by atoms with Gasteiger partial charge in [-0.1, -0.05) is 12.1 Å². The van der Waals surface area contributed by atoms with Crippen molar-refractivity contribution in [2.75, 3.05) is 34.5 Å². The number of nitrogens with zero attached hydrogens (tertiary/aromatic N) is 1. The topological polar surface area (TPSA) is 91.4 Å². The van der Waals surface area contributed by atoms with Crippen LogP contribution in [0.5, 0.6) is 17.2 Å². The molecule has 0 N–H and O–H groups in total. The number of benzene rings is 2. The molecule has 0 atom stereocenters. The van der Waals surface area contributed by atoms with Crippen LogP contribution >= 0.6 is 0 Å². The van der Waals surface area contributed by atoms with Crippen LogP contribution in [0.25, 0.3) is 0 Å². The SMILES string of the molecule is COc1cc(C(=O)OCCN2C(=O)c3ccccc3C2=O)cc(OC)c1OC. The van der Waals surface area contributed by atoms with E-state index >= 15 is 0 Å². The van der Waals surface area contributed by atoms with Crippen molar-refractivity contribution in [1.82, 2.24) is 4.90 Å². The van der Waals surface area contributed by atoms with Gasteiger partial charge in [-0.05, 0) is 24.3 Å². The summed E-state index contributed by atoms with van der Waals surface area (Å²) >= 11 is 0. The van der Waals surface area contributed by atoms with E-state index in [4.69, 9.17) is 18.9 Å². The van der Waals surface area contributed by atoms with Gasteiger partial charge in [-0.3, -0.25) is 14.5 Å². The number of imide groups is 1. The quantitative estimate of drug-likeness (QED) is 0.533. The third kappa shape index (κ3) is 3.36. The lowest BCUT2D eigenvalue weighted by molar-refractivity contribution is 0.0420. The molecule has 0 radical (unpaired) electrons. The van der Waals surface area contributed by atoms with Gasteiger partial charge in [0.25, 0.3) is 11.8 Å². The first-order valence-corrected chi connectivity index (χ1v) is 8.44. The van der Waals surface area contributed by atoms with Gasteiger partial charge in [-0.15, -0.1) is 0 Å². The predicted molar refractivity (Wildman–Crippen MR) is 98.2 cm³/mol. The first-order valence-electron chi connectivity index (χ1n) is 8.44. The fraction of sp³-hybridized carbons (Fsp3) is 0.250. The Morgan fingerprint density at radius 1 is 0.893 bits per heavy atom. The molecule has 2 aromatic carbocycles. The number of carbonyl (C=O) groups is 3. The number of methoxy groups -OCH3 is 3. The van der Waals surface area contributed by atoms with E-state index in [1.165, 1.54) is 33.5 Å². The van der Waals surface area contributed by atoms with Crippen LogP contribution in [-0.4, -0.2) is 57.2 Å². The van der Waals surface area contributed by atoms with Crippen LogP contribution in [0.2, 0.25) is 0 Å². The molecule has 0 aliphatic carbocycles. The number of fused-ring (bicyclic) bond motifs is 1. The molecule has 0 aromatic heterocycles. The zero-order valence-corrected chi connectivity index (χ0v) is 15.7. The maximum Gasteiger partial charge on any atom is 0.338 e. The number of amides is 2. The van der Waals surface area contributed by atoms with E-state index in [-0.39, 0.29) is 18.7 Å². The average Bonchev–Trinajstić information content (AvgIpc) is 2.97. The number of hydrogen-bond acceptors (Lipinski definition) is 7. The van der Waals surface area contributed by atoms with Crippen molar-refractivity contribution in [1.29, 1.82) is 0 Å². The number of carbonyl (C=O) groups excluding carboxylic acids is 3. The summed E-state index contributed by atoms with van der Waals surface area (Å²) in [6.07, 6.45) is 0. The Hall–Kier alpha value is -3.55. The maximum absolute atomic E-state index is 12.4. The van der Waals surface area contributed by atoms with Crippen LogP contribution in [0.3, 0.4) is 0 Å². The molecule has 0 saturated carbocycles. The van der Waals surface area contributed by atoms with E-state index in [0.29, 0.717) is 28.4 Å². The molecular weight excluding hydrogens is 366 g/mol. The lowest BCUT2D eigenvalue weighted by Gasteiger charge is -2.15. The molecule has 0 fully saturated rings. The van der Waals surface area contributed by atoms with Crippen molar-refractivity contribution in [2.45, 2.75) is 0 Å². The van der Waals surface area contributed by atoms with E-state index in [0.717, 1.165) is 4.90 Å². The Balaban J connectivity index is 1.67. The molecule has 8 nitrogen and oxygen atoms in total. The monoisotopic (exact) mass is 385 g/mol. The Morgan fingerprint density at radius 3 is 1.89 bits per heavy atom. The molecule has 146 valence electrons. The van der Waals surface area contributed by atoms with Gasteiger partial charge in [0.05, 0.1) is 44.6 Å². The third-order valence-corrected chi connectivity index (χ3v) is 4.33. The Morgan fingerprint density at radius 2 is 1.43 bits per heavy atom. The highest BCUT2D eigenvalue weighted by Gasteiger charge is 2.34. The highest BCUT2D eigenvalue weighted by Crippen LogP contribution is 2.38. The van der Waals surface area contributed by atoms with Crippen molar-refractivity contribution in [3.05, 3.63) is 53.1 Å². The van der Waals surface area contributed by atoms with Crippen LogP contribution in [0.1, 0.15) is 31.1 Å². The molecular formula is C20H19NO7. The molecule has 1 aliphatic rings. The molecule has 2 aromatic rings. The maximum atomic E-state index is 12.4. The van der Waals surface area contributed by atoms with Crippen molar-refractivity contribution in [3.8, 4) is 17.2 Å². The predicted octanol–water partition coefficient (Wildman–Crippen LogP) is 2.17. The van der Waals surface area contributed by atoms with Gasteiger partial charge < -0.3 is 18.9 Å². The van der Waals surface area contributed by atoms with Gasteiger partial charge in [-0.2, -0.15) is 0 Å². The van der Waals surface area contributed by atoms with Gasteiger partial charge in [0, 0.05) is 0 Å². The minimum Gasteiger partial charge on any atom is -0.493 e. The summed E-state index contributed by atoms with van der Waals surface area (Å²) in [6.45, 7) is -0.177. The van der Waals surface area contributed by atoms with Gasteiger partial charge in [0.2, 0.25) is 5.75 Å². The number of esters is 1. The molecule has 1 heterocycles. The van der Waals surface area contributed by atoms with Gasteiger partial charge in [0.15, 0.2) is 11.5 Å². The summed E-state index contributed by atoms with van der Waals surface area (Å²) in [5.41, 5.74) is 0.892. The molecule has 0 bridgehead atoms. The van der Waals surface area contributed by atoms with E-state index < -0.39 is 17.8 Å². The standard InChI is InChI=1S/C20H19NO7/c1-25-15-10-12(11-16(26-2)17(15)27-3)20(24)28-9-8-21-18(22)13-6-4-5-7-14(13)19(21)23/h4-7,10-11H,8-9H2,1-3H3. The van der Waals surface area contributed by atoms with Crippen LogP contribution in [0.15, 0.2) is 36.4 Å². The largest absolute Gasteiger partial charge is 0.493 e. The summed E-state index contributed by atoms with van der Waals surface area (Å²) in [6, 6.07) is 9.50. The summed E-state index contributed by atoms with van der Waals surface area (Å²) < 4.78 is 20.9. The fourth-order valence-corrected chi connectivity index (χ4v) is 2.95. The Bertz CT molecular complexity index is 878. The van der Waals surface area contributed by atoms with Crippen molar-refractivity contribution < 1.29 is 33.3 Å². The first-order chi connectivity index (χ1) is 13.5. The summed E-state index contributed by atoms with van der Waals surface area (Å²) in [5, 5.41) is 0. The van der Waals surface area contributed by atoms with Gasteiger partial charge >= 0.3 is 5.97 Å².